The molecule has 0 aliphatic carbocycles. The van der Waals surface area contributed by atoms with E-state index in [9.17, 15) is 8.42 Å². The molecule has 4 nitrogen and oxygen atoms in total. The van der Waals surface area contributed by atoms with Gasteiger partial charge in [-0.1, -0.05) is 36.4 Å². The maximum Gasteiger partial charge on any atom is 0.264 e. The summed E-state index contributed by atoms with van der Waals surface area (Å²) in [6, 6.07) is 16.6. The molecule has 0 fully saturated rings. The van der Waals surface area contributed by atoms with E-state index in [2.05, 4.69) is 41.4 Å². The predicted molar refractivity (Wildman–Crippen MR) is 101 cm³/mol. The van der Waals surface area contributed by atoms with E-state index in [-0.39, 0.29) is 6.61 Å². The number of hydrogen-bond donors (Lipinski definition) is 0. The second-order valence-corrected chi connectivity index (χ2v) is 7.90. The van der Waals surface area contributed by atoms with Crippen LogP contribution < -0.4 is 0 Å². The van der Waals surface area contributed by atoms with E-state index in [4.69, 9.17) is 4.18 Å². The van der Waals surface area contributed by atoms with E-state index < -0.39 is 10.1 Å². The Bertz CT molecular complexity index is 1030. The third kappa shape index (κ3) is 4.44. The molecule has 0 amide bonds. The summed E-state index contributed by atoms with van der Waals surface area (Å²) in [5.74, 6) is 0. The van der Waals surface area contributed by atoms with E-state index in [1.54, 1.807) is 0 Å². The summed E-state index contributed by atoms with van der Waals surface area (Å²) in [4.78, 5) is 4.53. The maximum atomic E-state index is 11.0. The molecule has 25 heavy (non-hydrogen) atoms. The number of nitrogens with zero attached hydrogens (tertiary/aromatic N) is 1. The van der Waals surface area contributed by atoms with Crippen LogP contribution in [-0.2, 0) is 20.7 Å². The van der Waals surface area contributed by atoms with Crippen LogP contribution in [0.4, 0.5) is 0 Å². The molecule has 5 heteroatoms. The summed E-state index contributed by atoms with van der Waals surface area (Å²) >= 11 is 0. The van der Waals surface area contributed by atoms with Crippen LogP contribution in [0, 0.1) is 13.8 Å². The Morgan fingerprint density at radius 3 is 2.40 bits per heavy atom. The van der Waals surface area contributed by atoms with Crippen LogP contribution in [0.25, 0.3) is 21.9 Å². The first-order valence-electron chi connectivity index (χ1n) is 8.13. The van der Waals surface area contributed by atoms with E-state index in [0.717, 1.165) is 45.1 Å². The van der Waals surface area contributed by atoms with Gasteiger partial charge >= 0.3 is 0 Å². The number of fused-ring (bicyclic) bond motifs is 1. The molecule has 3 rings (SSSR count). The number of hydrogen-bond acceptors (Lipinski definition) is 4. The number of benzene rings is 2. The van der Waals surface area contributed by atoms with Crippen molar-refractivity contribution < 1.29 is 12.6 Å². The molecule has 0 radical (unpaired) electrons. The Kier molecular flexibility index (Phi) is 4.88. The third-order valence-electron chi connectivity index (χ3n) is 4.13. The van der Waals surface area contributed by atoms with Crippen molar-refractivity contribution in [1.82, 2.24) is 4.98 Å². The second-order valence-electron chi connectivity index (χ2n) is 6.26. The van der Waals surface area contributed by atoms with Gasteiger partial charge in [0.1, 0.15) is 0 Å². The van der Waals surface area contributed by atoms with Gasteiger partial charge in [-0.15, -0.1) is 0 Å². The highest BCUT2D eigenvalue weighted by atomic mass is 32.2. The van der Waals surface area contributed by atoms with Crippen molar-refractivity contribution in [3.63, 3.8) is 0 Å². The summed E-state index contributed by atoms with van der Waals surface area (Å²) in [7, 11) is -3.39. The zero-order chi connectivity index (χ0) is 18.0. The molecule has 0 unspecified atom stereocenters. The van der Waals surface area contributed by atoms with Gasteiger partial charge in [0.05, 0.1) is 12.9 Å². The lowest BCUT2D eigenvalue weighted by Gasteiger charge is -2.09. The molecule has 0 aliphatic heterocycles. The highest BCUT2D eigenvalue weighted by Crippen LogP contribution is 2.27. The highest BCUT2D eigenvalue weighted by molar-refractivity contribution is 7.85. The molecule has 1 aromatic heterocycles. The van der Waals surface area contributed by atoms with Crippen molar-refractivity contribution in [3.8, 4) is 11.1 Å². The van der Waals surface area contributed by atoms with Crippen LogP contribution in [0.1, 0.15) is 17.0 Å². The lowest BCUT2D eigenvalue weighted by Crippen LogP contribution is -2.06. The first-order chi connectivity index (χ1) is 11.8. The summed E-state index contributed by atoms with van der Waals surface area (Å²) in [6.45, 7) is 4.18. The smallest absolute Gasteiger partial charge is 0.264 e. The number of rotatable bonds is 5. The van der Waals surface area contributed by atoms with E-state index in [1.807, 2.05) is 26.0 Å². The van der Waals surface area contributed by atoms with Gasteiger partial charge in [0, 0.05) is 17.0 Å². The number of aryl methyl sites for hydroxylation is 2. The molecule has 1 heterocycles. The summed E-state index contributed by atoms with van der Waals surface area (Å²) in [5.41, 5.74) is 5.37. The van der Waals surface area contributed by atoms with Gasteiger partial charge < -0.3 is 0 Å². The SMILES string of the molecule is Cc1ccc(-c2ccc3cc(CCOS(C)(=O)=O)ccc3c2)c(C)n1. The Morgan fingerprint density at radius 1 is 0.960 bits per heavy atom. The Morgan fingerprint density at radius 2 is 1.68 bits per heavy atom. The fourth-order valence-electron chi connectivity index (χ4n) is 2.92. The molecule has 0 saturated carbocycles. The average Bonchev–Trinajstić information content (AvgIpc) is 2.53. The second kappa shape index (κ2) is 6.94. The van der Waals surface area contributed by atoms with Crippen LogP contribution in [0.2, 0.25) is 0 Å². The molecule has 0 N–H and O–H groups in total. The van der Waals surface area contributed by atoms with Crippen molar-refractivity contribution in [2.24, 2.45) is 0 Å². The van der Waals surface area contributed by atoms with Crippen LogP contribution in [0.15, 0.2) is 48.5 Å². The van der Waals surface area contributed by atoms with Crippen molar-refractivity contribution in [3.05, 3.63) is 65.5 Å². The standard InChI is InChI=1S/C20H21NO3S/c1-14-4-9-20(15(2)21-14)19-8-7-17-12-16(5-6-18(17)13-19)10-11-24-25(3,22)23/h4-9,12-13H,10-11H2,1-3H3. The minimum Gasteiger partial charge on any atom is -0.270 e. The average molecular weight is 355 g/mol. The minimum atomic E-state index is -3.39. The van der Waals surface area contributed by atoms with Gasteiger partial charge in [-0.25, -0.2) is 0 Å². The van der Waals surface area contributed by atoms with Crippen molar-refractivity contribution in [2.75, 3.05) is 12.9 Å². The minimum absolute atomic E-state index is 0.163. The zero-order valence-corrected chi connectivity index (χ0v) is 15.4. The molecule has 130 valence electrons. The van der Waals surface area contributed by atoms with E-state index in [1.165, 1.54) is 0 Å². The lowest BCUT2D eigenvalue weighted by molar-refractivity contribution is 0.326. The van der Waals surface area contributed by atoms with Gasteiger partial charge in [0.15, 0.2) is 0 Å². The summed E-state index contributed by atoms with van der Waals surface area (Å²) < 4.78 is 26.9. The zero-order valence-electron chi connectivity index (χ0n) is 14.6. The van der Waals surface area contributed by atoms with E-state index >= 15 is 0 Å². The molecular formula is C20H21NO3S. The Hall–Kier alpha value is -2.24. The highest BCUT2D eigenvalue weighted by Gasteiger charge is 2.06. The van der Waals surface area contributed by atoms with Crippen molar-refractivity contribution >= 4 is 20.9 Å². The molecule has 3 aromatic rings. The lowest BCUT2D eigenvalue weighted by atomic mass is 9.98. The first-order valence-corrected chi connectivity index (χ1v) is 9.95. The predicted octanol–water partition coefficient (Wildman–Crippen LogP) is 4.04. The van der Waals surface area contributed by atoms with Gasteiger partial charge in [-0.05, 0) is 54.3 Å². The first kappa shape index (κ1) is 17.6. The molecule has 2 aromatic carbocycles. The quantitative estimate of drug-likeness (QED) is 0.648. The molecule has 0 bridgehead atoms. The number of aromatic nitrogens is 1. The number of pyridine rings is 1. The van der Waals surface area contributed by atoms with Crippen molar-refractivity contribution in [2.45, 2.75) is 20.3 Å². The maximum absolute atomic E-state index is 11.0. The van der Waals surface area contributed by atoms with Gasteiger partial charge in [0.2, 0.25) is 0 Å². The van der Waals surface area contributed by atoms with Gasteiger partial charge in [-0.2, -0.15) is 8.42 Å². The van der Waals surface area contributed by atoms with Crippen LogP contribution >= 0.6 is 0 Å². The van der Waals surface area contributed by atoms with Crippen LogP contribution in [-0.4, -0.2) is 26.3 Å². The van der Waals surface area contributed by atoms with Crippen molar-refractivity contribution in [1.29, 1.82) is 0 Å². The van der Waals surface area contributed by atoms with Crippen LogP contribution in [0.5, 0.6) is 0 Å². The molecular weight excluding hydrogens is 334 g/mol. The summed E-state index contributed by atoms with van der Waals surface area (Å²) in [6.07, 6.45) is 1.63. The topological polar surface area (TPSA) is 56.3 Å². The fraction of sp³-hybridized carbons (Fsp3) is 0.250. The normalized spacial score (nSPS) is 11.8. The molecule has 0 spiro atoms. The molecule has 0 saturated heterocycles. The molecule has 0 aliphatic rings. The van der Waals surface area contributed by atoms with E-state index in [0.29, 0.717) is 6.42 Å². The third-order valence-corrected chi connectivity index (χ3v) is 4.72. The van der Waals surface area contributed by atoms with Crippen LogP contribution in [0.3, 0.4) is 0 Å². The Labute approximate surface area is 148 Å². The largest absolute Gasteiger partial charge is 0.270 e. The molecule has 0 atom stereocenters. The summed E-state index contributed by atoms with van der Waals surface area (Å²) in [5, 5.41) is 2.27. The Balaban J connectivity index is 1.86. The van der Waals surface area contributed by atoms with Gasteiger partial charge in [0.25, 0.3) is 10.1 Å². The monoisotopic (exact) mass is 355 g/mol. The fourth-order valence-corrected chi connectivity index (χ4v) is 3.31. The van der Waals surface area contributed by atoms with Gasteiger partial charge in [-0.3, -0.25) is 9.17 Å².